The maximum Gasteiger partial charge on any atom is 0.178 e. The fourth-order valence-electron chi connectivity index (χ4n) is 2.30. The monoisotopic (exact) mass is 386 g/mol. The topological polar surface area (TPSA) is 34.1 Å². The van der Waals surface area contributed by atoms with E-state index in [1.54, 1.807) is 6.92 Å². The minimum atomic E-state index is -3.22. The van der Waals surface area contributed by atoms with Crippen molar-refractivity contribution >= 4 is 32.4 Å². The Morgan fingerprint density at radius 3 is 2.79 bits per heavy atom. The largest absolute Gasteiger partial charge is 0.224 e. The molecular weight excluding hydrogens is 371 g/mol. The third-order valence-electron chi connectivity index (χ3n) is 3.44. The van der Waals surface area contributed by atoms with Crippen molar-refractivity contribution in [2.24, 2.45) is 0 Å². The van der Waals surface area contributed by atoms with Gasteiger partial charge in [0.1, 0.15) is 0 Å². The molecule has 1 aliphatic rings. The van der Waals surface area contributed by atoms with Crippen LogP contribution in [-0.2, 0) is 15.6 Å². The summed E-state index contributed by atoms with van der Waals surface area (Å²) < 4.78 is 24.8. The van der Waals surface area contributed by atoms with Crippen molar-refractivity contribution in [2.75, 3.05) is 0 Å². The van der Waals surface area contributed by atoms with Gasteiger partial charge in [0.25, 0.3) is 0 Å². The Labute approximate surface area is 128 Å². The van der Waals surface area contributed by atoms with Crippen LogP contribution in [0, 0.1) is 12.3 Å². The summed E-state index contributed by atoms with van der Waals surface area (Å²) >= 11 is 2.32. The Balaban J connectivity index is 2.60. The molecule has 1 atom stereocenters. The summed E-state index contributed by atoms with van der Waals surface area (Å²) in [5.74, 6) is 2.69. The summed E-state index contributed by atoms with van der Waals surface area (Å²) in [5, 5.41) is 0. The molecule has 0 amide bonds. The summed E-state index contributed by atoms with van der Waals surface area (Å²) in [6.07, 6.45) is 6.53. The number of fused-ring (bicyclic) bond motifs is 1. The van der Waals surface area contributed by atoms with Gasteiger partial charge in [0.05, 0.1) is 9.68 Å². The summed E-state index contributed by atoms with van der Waals surface area (Å²) in [5.41, 5.74) is 2.94. The number of terminal acetylenes is 1. The Hall–Kier alpha value is -0.800. The molecule has 0 radical (unpaired) electrons. The zero-order valence-corrected chi connectivity index (χ0v) is 13.7. The van der Waals surface area contributed by atoms with Crippen LogP contribution in [-0.4, -0.2) is 8.42 Å². The maximum absolute atomic E-state index is 12.4. The van der Waals surface area contributed by atoms with Crippen LogP contribution in [0.5, 0.6) is 0 Å². The Morgan fingerprint density at radius 2 is 2.11 bits per heavy atom. The van der Waals surface area contributed by atoms with Gasteiger partial charge in [-0.2, -0.15) is 0 Å². The Kier molecular flexibility index (Phi) is 4.36. The number of hydrogen-bond acceptors (Lipinski definition) is 2. The van der Waals surface area contributed by atoms with Crippen LogP contribution in [0.15, 0.2) is 34.7 Å². The van der Waals surface area contributed by atoms with Crippen LogP contribution in [0.25, 0.3) is 0 Å². The van der Waals surface area contributed by atoms with Gasteiger partial charge in [0.2, 0.25) is 0 Å². The van der Waals surface area contributed by atoms with E-state index in [-0.39, 0.29) is 9.68 Å². The van der Waals surface area contributed by atoms with E-state index >= 15 is 0 Å². The van der Waals surface area contributed by atoms with Crippen molar-refractivity contribution in [3.8, 4) is 12.3 Å². The number of halogens is 1. The highest BCUT2D eigenvalue weighted by molar-refractivity contribution is 14.1. The number of hydrogen-bond donors (Lipinski definition) is 0. The van der Waals surface area contributed by atoms with Gasteiger partial charge in [-0.15, -0.1) is 12.3 Å². The van der Waals surface area contributed by atoms with E-state index < -0.39 is 9.84 Å². The van der Waals surface area contributed by atoms with Crippen molar-refractivity contribution in [3.63, 3.8) is 0 Å². The molecule has 19 heavy (non-hydrogen) atoms. The molecule has 100 valence electrons. The minimum absolute atomic E-state index is 0.0828. The van der Waals surface area contributed by atoms with Gasteiger partial charge in [-0.05, 0) is 30.0 Å². The third-order valence-corrected chi connectivity index (χ3v) is 6.75. The standard InChI is InChI=1S/C15H15IO2S/c1-3-4-8-13-11(2)19(17,18)10-12-7-5-6-9-14(12)15(13)16/h1,5-7,9,15H,4,8,10H2,2H3. The van der Waals surface area contributed by atoms with Crippen LogP contribution < -0.4 is 0 Å². The van der Waals surface area contributed by atoms with Gasteiger partial charge in [-0.3, -0.25) is 0 Å². The molecule has 1 heterocycles. The van der Waals surface area contributed by atoms with Gasteiger partial charge in [0.15, 0.2) is 9.84 Å². The molecule has 0 bridgehead atoms. The number of alkyl halides is 1. The average molecular weight is 386 g/mol. The van der Waals surface area contributed by atoms with Gasteiger partial charge < -0.3 is 0 Å². The first-order valence-electron chi connectivity index (χ1n) is 6.05. The van der Waals surface area contributed by atoms with E-state index in [1.807, 2.05) is 24.3 Å². The number of allylic oxidation sites excluding steroid dienone is 2. The second-order valence-corrected chi connectivity index (χ2v) is 7.98. The van der Waals surface area contributed by atoms with E-state index in [0.717, 1.165) is 16.7 Å². The van der Waals surface area contributed by atoms with E-state index in [1.165, 1.54) is 0 Å². The number of rotatable bonds is 2. The molecule has 0 saturated heterocycles. The van der Waals surface area contributed by atoms with Gasteiger partial charge in [-0.25, -0.2) is 8.42 Å². The maximum atomic E-state index is 12.4. The lowest BCUT2D eigenvalue weighted by Crippen LogP contribution is -2.05. The van der Waals surface area contributed by atoms with E-state index in [4.69, 9.17) is 6.42 Å². The lowest BCUT2D eigenvalue weighted by Gasteiger charge is -2.15. The molecule has 0 fully saturated rings. The molecule has 1 aromatic rings. The zero-order valence-electron chi connectivity index (χ0n) is 10.7. The summed E-state index contributed by atoms with van der Waals surface area (Å²) in [6.45, 7) is 1.71. The van der Waals surface area contributed by atoms with E-state index in [9.17, 15) is 8.42 Å². The van der Waals surface area contributed by atoms with Crippen molar-refractivity contribution < 1.29 is 8.42 Å². The number of sulfone groups is 1. The highest BCUT2D eigenvalue weighted by Gasteiger charge is 2.29. The highest BCUT2D eigenvalue weighted by atomic mass is 127. The second-order valence-electron chi connectivity index (χ2n) is 4.61. The molecule has 1 unspecified atom stereocenters. The van der Waals surface area contributed by atoms with E-state index in [0.29, 0.717) is 17.7 Å². The molecule has 2 rings (SSSR count). The minimum Gasteiger partial charge on any atom is -0.224 e. The van der Waals surface area contributed by atoms with Gasteiger partial charge >= 0.3 is 0 Å². The van der Waals surface area contributed by atoms with Crippen LogP contribution in [0.2, 0.25) is 0 Å². The normalized spacial score (nSPS) is 21.4. The summed E-state index contributed by atoms with van der Waals surface area (Å²) in [6, 6.07) is 7.75. The van der Waals surface area contributed by atoms with Crippen LogP contribution in [0.3, 0.4) is 0 Å². The second kappa shape index (κ2) is 5.68. The van der Waals surface area contributed by atoms with Gasteiger partial charge in [-0.1, -0.05) is 46.9 Å². The van der Waals surface area contributed by atoms with Crippen molar-refractivity contribution in [2.45, 2.75) is 29.4 Å². The molecule has 1 aromatic carbocycles. The predicted octanol–water partition coefficient (Wildman–Crippen LogP) is 3.78. The van der Waals surface area contributed by atoms with Crippen LogP contribution >= 0.6 is 22.6 Å². The van der Waals surface area contributed by atoms with Gasteiger partial charge in [0, 0.05) is 11.3 Å². The summed E-state index contributed by atoms with van der Waals surface area (Å²) in [4.78, 5) is 0.498. The quantitative estimate of drug-likeness (QED) is 0.441. The Morgan fingerprint density at radius 1 is 1.42 bits per heavy atom. The first kappa shape index (κ1) is 14.6. The SMILES string of the molecule is C#CCCC1=C(C)S(=O)(=O)Cc2ccccc2C1I. The molecular formula is C15H15IO2S. The van der Waals surface area contributed by atoms with Crippen LogP contribution in [0.1, 0.15) is 34.8 Å². The Bertz CT molecular complexity index is 666. The molecule has 1 aliphatic heterocycles. The van der Waals surface area contributed by atoms with Crippen molar-refractivity contribution in [3.05, 3.63) is 45.9 Å². The van der Waals surface area contributed by atoms with Crippen molar-refractivity contribution in [1.82, 2.24) is 0 Å². The zero-order chi connectivity index (χ0) is 14.0. The number of benzene rings is 1. The fraction of sp³-hybridized carbons (Fsp3) is 0.333. The average Bonchev–Trinajstić information content (AvgIpc) is 2.44. The first-order valence-corrected chi connectivity index (χ1v) is 8.95. The first-order chi connectivity index (χ1) is 8.97. The molecule has 0 saturated carbocycles. The molecule has 4 heteroatoms. The molecule has 0 aliphatic carbocycles. The highest BCUT2D eigenvalue weighted by Crippen LogP contribution is 2.42. The summed E-state index contributed by atoms with van der Waals surface area (Å²) in [7, 11) is -3.22. The smallest absolute Gasteiger partial charge is 0.178 e. The van der Waals surface area contributed by atoms with Crippen LogP contribution in [0.4, 0.5) is 0 Å². The molecule has 2 nitrogen and oxygen atoms in total. The van der Waals surface area contributed by atoms with E-state index in [2.05, 4.69) is 28.5 Å². The third kappa shape index (κ3) is 2.87. The predicted molar refractivity (Wildman–Crippen MR) is 86.6 cm³/mol. The molecule has 0 aromatic heterocycles. The molecule has 0 N–H and O–H groups in total. The lowest BCUT2D eigenvalue weighted by molar-refractivity contribution is 0.601. The molecule has 0 spiro atoms. The fourth-order valence-corrected chi connectivity index (χ4v) is 5.41. The lowest BCUT2D eigenvalue weighted by atomic mass is 9.97. The van der Waals surface area contributed by atoms with Crippen molar-refractivity contribution in [1.29, 1.82) is 0 Å².